The van der Waals surface area contributed by atoms with Crippen LogP contribution in [0, 0.1) is 0 Å². The third kappa shape index (κ3) is 3.48. The van der Waals surface area contributed by atoms with Gasteiger partial charge in [-0.05, 0) is 30.7 Å². The highest BCUT2D eigenvalue weighted by molar-refractivity contribution is 7.12. The maximum absolute atomic E-state index is 6.34. The molecule has 0 atom stereocenters. The number of halogens is 1. The third-order valence-corrected chi connectivity index (χ3v) is 5.79. The zero-order valence-corrected chi connectivity index (χ0v) is 12.5. The Hall–Kier alpha value is -0.0100. The summed E-state index contributed by atoms with van der Waals surface area (Å²) in [4.78, 5) is 2.92. The summed E-state index contributed by atoms with van der Waals surface area (Å²) >= 11 is 8.30. The van der Waals surface area contributed by atoms with Crippen molar-refractivity contribution in [1.82, 2.24) is 0 Å². The largest absolute Gasteiger partial charge is 0.143 e. The SMILES string of the molecule is CC(C)c1sc(C2CCCCCCC2)cc1Cl. The molecule has 0 saturated heterocycles. The van der Waals surface area contributed by atoms with E-state index in [9.17, 15) is 0 Å². The van der Waals surface area contributed by atoms with Gasteiger partial charge in [0.2, 0.25) is 0 Å². The summed E-state index contributed by atoms with van der Waals surface area (Å²) in [6.07, 6.45) is 9.83. The Kier molecular flexibility index (Phi) is 4.93. The van der Waals surface area contributed by atoms with Crippen molar-refractivity contribution in [3.05, 3.63) is 20.8 Å². The van der Waals surface area contributed by atoms with E-state index < -0.39 is 0 Å². The molecule has 0 unspecified atom stereocenters. The first kappa shape index (κ1) is 13.4. The van der Waals surface area contributed by atoms with Gasteiger partial charge in [0.1, 0.15) is 0 Å². The van der Waals surface area contributed by atoms with Crippen LogP contribution in [0.1, 0.15) is 80.4 Å². The van der Waals surface area contributed by atoms with Crippen molar-refractivity contribution < 1.29 is 0 Å². The zero-order chi connectivity index (χ0) is 12.3. The molecule has 1 heterocycles. The first-order chi connectivity index (χ1) is 8.18. The van der Waals surface area contributed by atoms with Gasteiger partial charge in [-0.25, -0.2) is 0 Å². The summed E-state index contributed by atoms with van der Waals surface area (Å²) in [5.74, 6) is 1.35. The van der Waals surface area contributed by atoms with Gasteiger partial charge in [0.15, 0.2) is 0 Å². The smallest absolute Gasteiger partial charge is 0.0550 e. The van der Waals surface area contributed by atoms with Crippen molar-refractivity contribution in [3.8, 4) is 0 Å². The fourth-order valence-corrected chi connectivity index (χ4v) is 4.48. The van der Waals surface area contributed by atoms with Gasteiger partial charge >= 0.3 is 0 Å². The van der Waals surface area contributed by atoms with Gasteiger partial charge in [-0.15, -0.1) is 11.3 Å². The summed E-state index contributed by atoms with van der Waals surface area (Å²) < 4.78 is 0. The van der Waals surface area contributed by atoms with E-state index in [0.717, 1.165) is 10.9 Å². The van der Waals surface area contributed by atoms with E-state index in [1.54, 1.807) is 4.88 Å². The van der Waals surface area contributed by atoms with Crippen LogP contribution in [0.15, 0.2) is 6.07 Å². The topological polar surface area (TPSA) is 0 Å². The van der Waals surface area contributed by atoms with Gasteiger partial charge in [0.25, 0.3) is 0 Å². The van der Waals surface area contributed by atoms with Crippen LogP contribution in [0.4, 0.5) is 0 Å². The van der Waals surface area contributed by atoms with Crippen molar-refractivity contribution in [1.29, 1.82) is 0 Å². The predicted molar refractivity (Wildman–Crippen MR) is 78.5 cm³/mol. The quantitative estimate of drug-likeness (QED) is 0.587. The normalized spacial score (nSPS) is 19.3. The van der Waals surface area contributed by atoms with E-state index in [2.05, 4.69) is 19.9 Å². The minimum Gasteiger partial charge on any atom is -0.143 e. The minimum absolute atomic E-state index is 0.565. The Morgan fingerprint density at radius 3 is 2.24 bits per heavy atom. The average Bonchev–Trinajstić information content (AvgIpc) is 2.59. The molecule has 0 radical (unpaired) electrons. The maximum atomic E-state index is 6.34. The molecule has 1 aromatic heterocycles. The van der Waals surface area contributed by atoms with Gasteiger partial charge in [0, 0.05) is 9.75 Å². The molecule has 96 valence electrons. The molecule has 2 heteroatoms. The summed E-state index contributed by atoms with van der Waals surface area (Å²) in [6.45, 7) is 4.47. The van der Waals surface area contributed by atoms with Crippen LogP contribution in [0.5, 0.6) is 0 Å². The molecule has 1 aromatic rings. The molecule has 0 aliphatic heterocycles. The standard InChI is InChI=1S/C15H23ClS/c1-11(2)15-13(16)10-14(17-15)12-8-6-4-3-5-7-9-12/h10-12H,3-9H2,1-2H3. The van der Waals surface area contributed by atoms with Gasteiger partial charge in [-0.2, -0.15) is 0 Å². The van der Waals surface area contributed by atoms with E-state index in [4.69, 9.17) is 11.6 Å². The van der Waals surface area contributed by atoms with E-state index in [1.165, 1.54) is 49.8 Å². The van der Waals surface area contributed by atoms with Crippen LogP contribution < -0.4 is 0 Å². The second-order valence-corrected chi connectivity index (χ2v) is 7.08. The van der Waals surface area contributed by atoms with Crippen LogP contribution in [0.2, 0.25) is 5.02 Å². The number of thiophene rings is 1. The van der Waals surface area contributed by atoms with E-state index in [1.807, 2.05) is 11.3 Å². The first-order valence-electron chi connectivity index (χ1n) is 6.97. The number of rotatable bonds is 2. The first-order valence-corrected chi connectivity index (χ1v) is 8.17. The molecule has 0 N–H and O–H groups in total. The highest BCUT2D eigenvalue weighted by Crippen LogP contribution is 2.40. The fourth-order valence-electron chi connectivity index (χ4n) is 2.74. The summed E-state index contributed by atoms with van der Waals surface area (Å²) in [6, 6.07) is 2.24. The maximum Gasteiger partial charge on any atom is 0.0550 e. The van der Waals surface area contributed by atoms with Crippen LogP contribution in [0.25, 0.3) is 0 Å². The second-order valence-electron chi connectivity index (χ2n) is 5.56. The van der Waals surface area contributed by atoms with Crippen molar-refractivity contribution in [3.63, 3.8) is 0 Å². The molecule has 1 fully saturated rings. The molecular formula is C15H23ClS. The fraction of sp³-hybridized carbons (Fsp3) is 0.733. The van der Waals surface area contributed by atoms with Crippen LogP contribution in [-0.2, 0) is 0 Å². The molecule has 2 rings (SSSR count). The predicted octanol–water partition coefficient (Wildman–Crippen LogP) is 6.35. The molecule has 0 bridgehead atoms. The number of hydrogen-bond donors (Lipinski definition) is 0. The van der Waals surface area contributed by atoms with Crippen LogP contribution >= 0.6 is 22.9 Å². The second kappa shape index (κ2) is 6.24. The lowest BCUT2D eigenvalue weighted by molar-refractivity contribution is 0.459. The van der Waals surface area contributed by atoms with Crippen molar-refractivity contribution in [2.24, 2.45) is 0 Å². The van der Waals surface area contributed by atoms with Crippen LogP contribution in [-0.4, -0.2) is 0 Å². The van der Waals surface area contributed by atoms with E-state index in [0.29, 0.717) is 5.92 Å². The molecule has 1 saturated carbocycles. The number of hydrogen-bond acceptors (Lipinski definition) is 1. The summed E-state index contributed by atoms with van der Waals surface area (Å²) in [5.41, 5.74) is 0. The Balaban J connectivity index is 2.11. The van der Waals surface area contributed by atoms with Crippen molar-refractivity contribution >= 4 is 22.9 Å². The van der Waals surface area contributed by atoms with Gasteiger partial charge in [-0.1, -0.05) is 57.6 Å². The van der Waals surface area contributed by atoms with Crippen molar-refractivity contribution in [2.45, 2.75) is 70.6 Å². The lowest BCUT2D eigenvalue weighted by Gasteiger charge is -2.18. The minimum atomic E-state index is 0.565. The van der Waals surface area contributed by atoms with Crippen molar-refractivity contribution in [2.75, 3.05) is 0 Å². The molecule has 0 nitrogen and oxygen atoms in total. The molecule has 0 amide bonds. The highest BCUT2D eigenvalue weighted by atomic mass is 35.5. The van der Waals surface area contributed by atoms with Gasteiger partial charge in [-0.3, -0.25) is 0 Å². The monoisotopic (exact) mass is 270 g/mol. The highest BCUT2D eigenvalue weighted by Gasteiger charge is 2.18. The van der Waals surface area contributed by atoms with E-state index in [-0.39, 0.29) is 0 Å². The molecular weight excluding hydrogens is 248 g/mol. The summed E-state index contributed by atoms with van der Waals surface area (Å²) in [5, 5.41) is 1.00. The van der Waals surface area contributed by atoms with Crippen LogP contribution in [0.3, 0.4) is 0 Å². The average molecular weight is 271 g/mol. The molecule has 0 spiro atoms. The Morgan fingerprint density at radius 1 is 1.12 bits per heavy atom. The van der Waals surface area contributed by atoms with Gasteiger partial charge < -0.3 is 0 Å². The molecule has 1 aliphatic carbocycles. The zero-order valence-electron chi connectivity index (χ0n) is 11.0. The summed E-state index contributed by atoms with van der Waals surface area (Å²) in [7, 11) is 0. The van der Waals surface area contributed by atoms with Gasteiger partial charge in [0.05, 0.1) is 5.02 Å². The Morgan fingerprint density at radius 2 is 1.71 bits per heavy atom. The molecule has 1 aliphatic rings. The van der Waals surface area contributed by atoms with E-state index >= 15 is 0 Å². The molecule has 17 heavy (non-hydrogen) atoms. The molecule has 0 aromatic carbocycles. The lowest BCUT2D eigenvalue weighted by Crippen LogP contribution is -2.00. The lowest BCUT2D eigenvalue weighted by atomic mass is 9.90. The Bertz CT molecular complexity index is 346. The third-order valence-electron chi connectivity index (χ3n) is 3.76. The Labute approximate surface area is 114 Å².